The predicted octanol–water partition coefficient (Wildman–Crippen LogP) is 3.26. The van der Waals surface area contributed by atoms with Crippen LogP contribution in [-0.2, 0) is 4.84 Å². The van der Waals surface area contributed by atoms with Crippen LogP contribution in [0.4, 0.5) is 11.4 Å². The topological polar surface area (TPSA) is 65.0 Å². The second kappa shape index (κ2) is 7.11. The lowest BCUT2D eigenvalue weighted by Crippen LogP contribution is -2.26. The Kier molecular flexibility index (Phi) is 4.72. The van der Waals surface area contributed by atoms with Gasteiger partial charge in [0.05, 0.1) is 5.69 Å². The number of benzene rings is 2. The fourth-order valence-corrected chi connectivity index (χ4v) is 2.32. The fourth-order valence-electron chi connectivity index (χ4n) is 2.32. The van der Waals surface area contributed by atoms with E-state index >= 15 is 0 Å². The van der Waals surface area contributed by atoms with Crippen molar-refractivity contribution in [1.29, 1.82) is 0 Å². The van der Waals surface area contributed by atoms with Gasteiger partial charge in [0.25, 0.3) is 0 Å². The van der Waals surface area contributed by atoms with Gasteiger partial charge in [0.15, 0.2) is 5.78 Å². The molecule has 3 rings (SSSR count). The molecular formula is C19H19N3O3. The third kappa shape index (κ3) is 3.99. The maximum atomic E-state index is 12.3. The molecule has 0 saturated heterocycles. The van der Waals surface area contributed by atoms with Crippen LogP contribution in [0, 0.1) is 0 Å². The Labute approximate surface area is 146 Å². The quantitative estimate of drug-likeness (QED) is 0.645. The van der Waals surface area contributed by atoms with Crippen LogP contribution in [0.25, 0.3) is 6.08 Å². The molecule has 0 fully saturated rings. The highest BCUT2D eigenvalue weighted by Gasteiger charge is 2.14. The van der Waals surface area contributed by atoms with Crippen molar-refractivity contribution in [2.45, 2.75) is 0 Å². The number of hydrazine groups is 1. The highest BCUT2D eigenvalue weighted by atomic mass is 16.8. The first kappa shape index (κ1) is 16.6. The van der Waals surface area contributed by atoms with Crippen molar-refractivity contribution >= 4 is 23.2 Å². The van der Waals surface area contributed by atoms with Crippen molar-refractivity contribution in [3.8, 4) is 0 Å². The third-order valence-corrected chi connectivity index (χ3v) is 3.75. The molecule has 0 radical (unpaired) electrons. The Hall–Kier alpha value is -3.25. The minimum absolute atomic E-state index is 0.0766. The summed E-state index contributed by atoms with van der Waals surface area (Å²) in [4.78, 5) is 19.0. The number of hydrogen-bond donors (Lipinski definition) is 2. The Morgan fingerprint density at radius 3 is 2.36 bits per heavy atom. The van der Waals surface area contributed by atoms with Crippen molar-refractivity contribution in [3.63, 3.8) is 0 Å². The smallest absolute Gasteiger partial charge is 0.317 e. The van der Waals surface area contributed by atoms with E-state index in [0.29, 0.717) is 5.56 Å². The maximum Gasteiger partial charge on any atom is 0.317 e. The molecule has 0 aliphatic carbocycles. The second-order valence-electron chi connectivity index (χ2n) is 5.76. The average molecular weight is 337 g/mol. The lowest BCUT2D eigenvalue weighted by atomic mass is 10.1. The summed E-state index contributed by atoms with van der Waals surface area (Å²) >= 11 is 0. The first-order valence-electron chi connectivity index (χ1n) is 7.75. The zero-order valence-corrected chi connectivity index (χ0v) is 14.0. The van der Waals surface area contributed by atoms with Gasteiger partial charge in [0.2, 0.25) is 0 Å². The normalized spacial score (nSPS) is 13.7. The minimum Gasteiger partial charge on any atom is -0.479 e. The van der Waals surface area contributed by atoms with Crippen LogP contribution in [0.5, 0.6) is 0 Å². The van der Waals surface area contributed by atoms with Crippen molar-refractivity contribution in [3.05, 3.63) is 77.9 Å². The number of ketones is 1. The summed E-state index contributed by atoms with van der Waals surface area (Å²) in [6, 6.07) is 14.9. The zero-order chi connectivity index (χ0) is 17.8. The SMILES string of the molecule is CN(C)c1ccc(/C=C/C(=O)c2ccc(N3C=C(O)ON3)cc2)cc1. The molecule has 1 heterocycles. The number of nitrogens with zero attached hydrogens (tertiary/aromatic N) is 2. The average Bonchev–Trinajstić information content (AvgIpc) is 3.06. The van der Waals surface area contributed by atoms with Crippen molar-refractivity contribution in [1.82, 2.24) is 5.59 Å². The molecule has 0 spiro atoms. The molecule has 0 unspecified atom stereocenters. The largest absolute Gasteiger partial charge is 0.479 e. The molecule has 128 valence electrons. The monoisotopic (exact) mass is 337 g/mol. The molecule has 0 bridgehead atoms. The summed E-state index contributed by atoms with van der Waals surface area (Å²) in [7, 11) is 3.97. The molecule has 6 nitrogen and oxygen atoms in total. The summed E-state index contributed by atoms with van der Waals surface area (Å²) in [5, 5.41) is 10.7. The lowest BCUT2D eigenvalue weighted by Gasteiger charge is -2.13. The van der Waals surface area contributed by atoms with Crippen molar-refractivity contribution in [2.75, 3.05) is 24.0 Å². The first-order chi connectivity index (χ1) is 12.0. The van der Waals surface area contributed by atoms with Gasteiger partial charge in [-0.3, -0.25) is 4.79 Å². The summed E-state index contributed by atoms with van der Waals surface area (Å²) in [5.74, 6) is -0.296. The number of allylic oxidation sites excluding steroid dienone is 1. The molecule has 2 aromatic rings. The highest BCUT2D eigenvalue weighted by molar-refractivity contribution is 6.07. The summed E-state index contributed by atoms with van der Waals surface area (Å²) < 4.78 is 0. The highest BCUT2D eigenvalue weighted by Crippen LogP contribution is 2.18. The van der Waals surface area contributed by atoms with Crippen LogP contribution in [0.15, 0.2) is 66.8 Å². The number of anilines is 2. The predicted molar refractivity (Wildman–Crippen MR) is 98.0 cm³/mol. The zero-order valence-electron chi connectivity index (χ0n) is 14.0. The van der Waals surface area contributed by atoms with Crippen LogP contribution in [-0.4, -0.2) is 25.0 Å². The van der Waals surface area contributed by atoms with E-state index in [1.54, 1.807) is 36.4 Å². The van der Waals surface area contributed by atoms with E-state index in [-0.39, 0.29) is 11.7 Å². The summed E-state index contributed by atoms with van der Waals surface area (Å²) in [6.07, 6.45) is 4.75. The number of carbonyl (C=O) groups excluding carboxylic acids is 1. The number of aliphatic hydroxyl groups is 1. The molecule has 2 N–H and O–H groups in total. The summed E-state index contributed by atoms with van der Waals surface area (Å²) in [6.45, 7) is 0. The molecule has 0 aromatic heterocycles. The molecule has 2 aromatic carbocycles. The van der Waals surface area contributed by atoms with Crippen molar-refractivity contribution in [2.24, 2.45) is 0 Å². The van der Waals surface area contributed by atoms with Gasteiger partial charge in [-0.1, -0.05) is 23.8 Å². The van der Waals surface area contributed by atoms with Gasteiger partial charge in [0, 0.05) is 25.3 Å². The van der Waals surface area contributed by atoms with Gasteiger partial charge in [-0.2, -0.15) is 0 Å². The van der Waals surface area contributed by atoms with Gasteiger partial charge in [-0.05, 0) is 48.0 Å². The van der Waals surface area contributed by atoms with Crippen molar-refractivity contribution < 1.29 is 14.7 Å². The second-order valence-corrected chi connectivity index (χ2v) is 5.76. The Bertz CT molecular complexity index is 809. The number of aliphatic hydroxyl groups excluding tert-OH is 1. The Morgan fingerprint density at radius 1 is 1.12 bits per heavy atom. The van der Waals surface area contributed by atoms with E-state index in [0.717, 1.165) is 16.9 Å². The van der Waals surface area contributed by atoms with E-state index in [9.17, 15) is 9.90 Å². The van der Waals surface area contributed by atoms with E-state index in [2.05, 4.69) is 5.59 Å². The fraction of sp³-hybridized carbons (Fsp3) is 0.105. The molecule has 25 heavy (non-hydrogen) atoms. The van der Waals surface area contributed by atoms with Crippen LogP contribution < -0.4 is 15.5 Å². The van der Waals surface area contributed by atoms with Gasteiger partial charge in [-0.15, -0.1) is 0 Å². The van der Waals surface area contributed by atoms with Crippen LogP contribution in [0.3, 0.4) is 0 Å². The van der Waals surface area contributed by atoms with Gasteiger partial charge >= 0.3 is 5.95 Å². The lowest BCUT2D eigenvalue weighted by molar-refractivity contribution is 0.0459. The van der Waals surface area contributed by atoms with Gasteiger partial charge in [0.1, 0.15) is 6.20 Å². The number of rotatable bonds is 5. The van der Waals surface area contributed by atoms with Crippen LogP contribution >= 0.6 is 0 Å². The number of nitrogens with one attached hydrogen (secondary N) is 1. The molecule has 6 heteroatoms. The molecule has 0 saturated carbocycles. The van der Waals surface area contributed by atoms with E-state index in [1.807, 2.05) is 43.3 Å². The van der Waals surface area contributed by atoms with Gasteiger partial charge in [-0.25, -0.2) is 5.01 Å². The summed E-state index contributed by atoms with van der Waals surface area (Å²) in [5.41, 5.74) is 5.92. The standard InChI is InChI=1S/C19H19N3O3/c1-21(2)16-8-3-14(4-9-16)5-12-18(23)15-6-10-17(11-7-15)22-13-19(24)25-20-22/h3-13,20,24H,1-2H3/b12-5+. The minimum atomic E-state index is -0.219. The van der Waals surface area contributed by atoms with E-state index in [1.165, 1.54) is 11.2 Å². The number of hydrogen-bond acceptors (Lipinski definition) is 6. The first-order valence-corrected chi connectivity index (χ1v) is 7.75. The molecule has 0 amide bonds. The van der Waals surface area contributed by atoms with E-state index in [4.69, 9.17) is 4.84 Å². The van der Waals surface area contributed by atoms with E-state index < -0.39 is 0 Å². The van der Waals surface area contributed by atoms with Crippen LogP contribution in [0.2, 0.25) is 0 Å². The molecule has 0 atom stereocenters. The third-order valence-electron chi connectivity index (χ3n) is 3.75. The van der Waals surface area contributed by atoms with Gasteiger partial charge < -0.3 is 14.8 Å². The molecular weight excluding hydrogens is 318 g/mol. The maximum absolute atomic E-state index is 12.3. The van der Waals surface area contributed by atoms with Crippen LogP contribution in [0.1, 0.15) is 15.9 Å². The Balaban J connectivity index is 1.66. The molecule has 1 aliphatic heterocycles. The Morgan fingerprint density at radius 2 is 1.80 bits per heavy atom. The molecule has 1 aliphatic rings. The number of carbonyl (C=O) groups is 1.